The maximum absolute atomic E-state index is 13.0. The predicted molar refractivity (Wildman–Crippen MR) is 107 cm³/mol. The van der Waals surface area contributed by atoms with Gasteiger partial charge in [0.25, 0.3) is 5.91 Å². The number of benzene rings is 2. The largest absolute Gasteiger partial charge is 0.416 e. The number of aromatic nitrogens is 2. The fourth-order valence-corrected chi connectivity index (χ4v) is 4.41. The Morgan fingerprint density at radius 2 is 1.93 bits per heavy atom. The van der Waals surface area contributed by atoms with Crippen molar-refractivity contribution in [2.24, 2.45) is 0 Å². The molecule has 0 unspecified atom stereocenters. The molecule has 1 N–H and O–H groups in total. The van der Waals surface area contributed by atoms with Crippen molar-refractivity contribution in [1.29, 1.82) is 0 Å². The van der Waals surface area contributed by atoms with Crippen LogP contribution in [0.15, 0.2) is 42.5 Å². The van der Waals surface area contributed by atoms with E-state index in [2.05, 4.69) is 10.4 Å². The molecule has 1 aromatic heterocycles. The monoisotopic (exact) mass is 417 g/mol. The Morgan fingerprint density at radius 3 is 2.66 bits per heavy atom. The van der Waals surface area contributed by atoms with Crippen molar-refractivity contribution >= 4 is 23.5 Å². The Labute approximate surface area is 170 Å². The topological polar surface area (TPSA) is 46.9 Å². The zero-order valence-electron chi connectivity index (χ0n) is 15.8. The molecule has 2 aromatic carbocycles. The standard InChI is InChI=1S/C21H18F3N3OS/c1-12-6-7-18(13(2)8-12)27-19(16-10-29-11-17(16)26-27)25-20(28)14-4-3-5-15(9-14)21(22,23)24/h3-9H,10-11H2,1-2H3,(H,25,28). The molecule has 0 saturated carbocycles. The second kappa shape index (κ2) is 7.26. The Balaban J connectivity index is 1.73. The van der Waals surface area contributed by atoms with Crippen LogP contribution in [-0.2, 0) is 17.7 Å². The normalized spacial score (nSPS) is 13.4. The third-order valence-electron chi connectivity index (χ3n) is 4.82. The lowest BCUT2D eigenvalue weighted by Gasteiger charge is -2.14. The van der Waals surface area contributed by atoms with E-state index in [1.54, 1.807) is 16.4 Å². The van der Waals surface area contributed by atoms with Gasteiger partial charge in [0, 0.05) is 22.6 Å². The van der Waals surface area contributed by atoms with Crippen LogP contribution in [0.3, 0.4) is 0 Å². The summed E-state index contributed by atoms with van der Waals surface area (Å²) in [6.45, 7) is 3.95. The van der Waals surface area contributed by atoms with Gasteiger partial charge in [0.2, 0.25) is 0 Å². The molecule has 1 amide bonds. The molecule has 4 rings (SSSR count). The van der Waals surface area contributed by atoms with Crippen LogP contribution in [0.1, 0.15) is 38.3 Å². The van der Waals surface area contributed by atoms with Crippen molar-refractivity contribution in [2.75, 3.05) is 5.32 Å². The Morgan fingerprint density at radius 1 is 1.14 bits per heavy atom. The highest BCUT2D eigenvalue weighted by Crippen LogP contribution is 2.37. The Kier molecular flexibility index (Phi) is 4.90. The molecule has 0 saturated heterocycles. The van der Waals surface area contributed by atoms with Crippen LogP contribution in [0, 0.1) is 13.8 Å². The first-order valence-corrected chi connectivity index (χ1v) is 10.1. The minimum Gasteiger partial charge on any atom is -0.306 e. The van der Waals surface area contributed by atoms with Crippen molar-refractivity contribution in [3.63, 3.8) is 0 Å². The van der Waals surface area contributed by atoms with Gasteiger partial charge in [-0.25, -0.2) is 4.68 Å². The van der Waals surface area contributed by atoms with Gasteiger partial charge in [-0.15, -0.1) is 0 Å². The average molecular weight is 417 g/mol. The van der Waals surface area contributed by atoms with Crippen molar-refractivity contribution < 1.29 is 18.0 Å². The molecule has 150 valence electrons. The smallest absolute Gasteiger partial charge is 0.306 e. The third kappa shape index (κ3) is 3.76. The summed E-state index contributed by atoms with van der Waals surface area (Å²) in [6.07, 6.45) is -4.50. The Bertz CT molecular complexity index is 1110. The molecule has 1 aliphatic rings. The number of amides is 1. The van der Waals surface area contributed by atoms with E-state index < -0.39 is 17.6 Å². The second-order valence-electron chi connectivity index (χ2n) is 7.00. The highest BCUT2D eigenvalue weighted by atomic mass is 32.2. The van der Waals surface area contributed by atoms with E-state index in [1.165, 1.54) is 12.1 Å². The number of hydrogen-bond acceptors (Lipinski definition) is 3. The van der Waals surface area contributed by atoms with Gasteiger partial charge >= 0.3 is 6.18 Å². The first-order chi connectivity index (χ1) is 13.7. The van der Waals surface area contributed by atoms with Gasteiger partial charge in [-0.1, -0.05) is 23.8 Å². The summed E-state index contributed by atoms with van der Waals surface area (Å²) in [4.78, 5) is 12.8. The van der Waals surface area contributed by atoms with Gasteiger partial charge in [0.05, 0.1) is 16.9 Å². The number of hydrogen-bond donors (Lipinski definition) is 1. The van der Waals surface area contributed by atoms with Gasteiger partial charge in [0.1, 0.15) is 5.82 Å². The van der Waals surface area contributed by atoms with Gasteiger partial charge in [-0.05, 0) is 43.7 Å². The number of nitrogens with zero attached hydrogens (tertiary/aromatic N) is 2. The zero-order valence-corrected chi connectivity index (χ0v) is 16.6. The first-order valence-electron chi connectivity index (χ1n) is 8.99. The van der Waals surface area contributed by atoms with Crippen molar-refractivity contribution in [3.05, 3.63) is 76.0 Å². The van der Waals surface area contributed by atoms with Crippen LogP contribution >= 0.6 is 11.8 Å². The van der Waals surface area contributed by atoms with Gasteiger partial charge in [0.15, 0.2) is 0 Å². The number of anilines is 1. The van der Waals surface area contributed by atoms with Gasteiger partial charge < -0.3 is 5.32 Å². The molecule has 2 heterocycles. The lowest BCUT2D eigenvalue weighted by atomic mass is 10.1. The number of nitrogens with one attached hydrogen (secondary N) is 1. The fraction of sp³-hybridized carbons (Fsp3) is 0.238. The summed E-state index contributed by atoms with van der Waals surface area (Å²) in [5, 5.41) is 7.46. The van der Waals surface area contributed by atoms with Crippen LogP contribution in [-0.4, -0.2) is 15.7 Å². The van der Waals surface area contributed by atoms with E-state index in [1.807, 2.05) is 32.0 Å². The minimum absolute atomic E-state index is 0.0485. The molecule has 0 atom stereocenters. The highest BCUT2D eigenvalue weighted by Gasteiger charge is 2.31. The number of thioether (sulfide) groups is 1. The summed E-state index contributed by atoms with van der Waals surface area (Å²) < 4.78 is 40.7. The minimum atomic E-state index is -4.50. The number of aryl methyl sites for hydroxylation is 2. The summed E-state index contributed by atoms with van der Waals surface area (Å²) in [7, 11) is 0. The summed E-state index contributed by atoms with van der Waals surface area (Å²) in [6, 6.07) is 10.3. The van der Waals surface area contributed by atoms with Crippen LogP contribution in [0.25, 0.3) is 5.69 Å². The average Bonchev–Trinajstić information content (AvgIpc) is 3.24. The number of rotatable bonds is 3. The van der Waals surface area contributed by atoms with E-state index in [0.717, 1.165) is 46.0 Å². The second-order valence-corrected chi connectivity index (χ2v) is 7.99. The fourth-order valence-electron chi connectivity index (χ4n) is 3.38. The third-order valence-corrected chi connectivity index (χ3v) is 5.79. The molecule has 0 radical (unpaired) electrons. The lowest BCUT2D eigenvalue weighted by Crippen LogP contribution is -2.17. The maximum atomic E-state index is 13.0. The summed E-state index contributed by atoms with van der Waals surface area (Å²) in [5.74, 6) is 1.35. The molecular formula is C21H18F3N3OS. The van der Waals surface area contributed by atoms with Crippen molar-refractivity contribution in [3.8, 4) is 5.69 Å². The molecule has 8 heteroatoms. The summed E-state index contributed by atoms with van der Waals surface area (Å²) >= 11 is 1.69. The molecule has 1 aliphatic heterocycles. The van der Waals surface area contributed by atoms with Crippen LogP contribution in [0.2, 0.25) is 0 Å². The molecule has 4 nitrogen and oxygen atoms in total. The highest BCUT2D eigenvalue weighted by molar-refractivity contribution is 7.98. The predicted octanol–water partition coefficient (Wildman–Crippen LogP) is 5.51. The molecular weight excluding hydrogens is 399 g/mol. The lowest BCUT2D eigenvalue weighted by molar-refractivity contribution is -0.137. The van der Waals surface area contributed by atoms with E-state index in [0.29, 0.717) is 11.6 Å². The molecule has 0 bridgehead atoms. The molecule has 0 fully saturated rings. The Hall–Kier alpha value is -2.74. The van der Waals surface area contributed by atoms with Gasteiger partial charge in [-0.3, -0.25) is 4.79 Å². The van der Waals surface area contributed by atoms with Gasteiger partial charge in [-0.2, -0.15) is 30.0 Å². The number of halogens is 3. The van der Waals surface area contributed by atoms with Crippen LogP contribution in [0.4, 0.5) is 19.0 Å². The van der Waals surface area contributed by atoms with E-state index in [-0.39, 0.29) is 5.56 Å². The SMILES string of the molecule is Cc1ccc(-n2nc3c(c2NC(=O)c2cccc(C(F)(F)F)c2)CSC3)c(C)c1. The molecule has 0 spiro atoms. The number of alkyl halides is 3. The summed E-state index contributed by atoms with van der Waals surface area (Å²) in [5.41, 5.74) is 3.82. The number of fused-ring (bicyclic) bond motifs is 1. The maximum Gasteiger partial charge on any atom is 0.416 e. The molecule has 3 aromatic rings. The zero-order chi connectivity index (χ0) is 20.8. The van der Waals surface area contributed by atoms with Crippen molar-refractivity contribution in [2.45, 2.75) is 31.5 Å². The number of carbonyl (C=O) groups excluding carboxylic acids is 1. The number of carbonyl (C=O) groups is 1. The quantitative estimate of drug-likeness (QED) is 0.612. The van der Waals surface area contributed by atoms with E-state index >= 15 is 0 Å². The van der Waals surface area contributed by atoms with Crippen LogP contribution < -0.4 is 5.32 Å². The van der Waals surface area contributed by atoms with E-state index in [9.17, 15) is 18.0 Å². The van der Waals surface area contributed by atoms with Crippen molar-refractivity contribution in [1.82, 2.24) is 9.78 Å². The van der Waals surface area contributed by atoms with E-state index in [4.69, 9.17) is 0 Å². The molecule has 29 heavy (non-hydrogen) atoms. The molecule has 0 aliphatic carbocycles. The first kappa shape index (κ1) is 19.6. The van der Waals surface area contributed by atoms with Crippen LogP contribution in [0.5, 0.6) is 0 Å².